The van der Waals surface area contributed by atoms with Gasteiger partial charge in [-0.15, -0.1) is 0 Å². The van der Waals surface area contributed by atoms with Gasteiger partial charge in [-0.3, -0.25) is 19.7 Å². The summed E-state index contributed by atoms with van der Waals surface area (Å²) in [5.74, 6) is -2.29. The van der Waals surface area contributed by atoms with Gasteiger partial charge < -0.3 is 25.0 Å². The number of esters is 1. The van der Waals surface area contributed by atoms with Crippen molar-refractivity contribution in [2.75, 3.05) is 11.9 Å². The zero-order valence-electron chi connectivity index (χ0n) is 24.2. The summed E-state index contributed by atoms with van der Waals surface area (Å²) in [6, 6.07) is 5.93. The van der Waals surface area contributed by atoms with E-state index in [-0.39, 0.29) is 54.8 Å². The molecule has 2 aromatic rings. The molecule has 0 spiro atoms. The number of amides is 5. The van der Waals surface area contributed by atoms with E-state index in [1.807, 2.05) is 0 Å². The molecule has 0 aromatic heterocycles. The van der Waals surface area contributed by atoms with Gasteiger partial charge in [0.25, 0.3) is 5.91 Å². The number of imide groups is 1. The molecule has 3 N–H and O–H groups in total. The topological polar surface area (TPSA) is 143 Å². The summed E-state index contributed by atoms with van der Waals surface area (Å²) in [7, 11) is 0. The van der Waals surface area contributed by atoms with Crippen LogP contribution in [0.25, 0.3) is 0 Å². The van der Waals surface area contributed by atoms with Crippen LogP contribution in [0, 0.1) is 0 Å². The Morgan fingerprint density at radius 1 is 1.09 bits per heavy atom. The zero-order chi connectivity index (χ0) is 32.4. The molecule has 11 nitrogen and oxygen atoms in total. The average molecular weight is 617 g/mol. The molecule has 2 heterocycles. The van der Waals surface area contributed by atoms with E-state index >= 15 is 0 Å². The quantitative estimate of drug-likeness (QED) is 0.231. The second-order valence-electron chi connectivity index (χ2n) is 11.3. The van der Waals surface area contributed by atoms with Crippen molar-refractivity contribution in [3.63, 3.8) is 0 Å². The second-order valence-corrected chi connectivity index (χ2v) is 11.3. The molecule has 2 aromatic carbocycles. The Morgan fingerprint density at radius 3 is 2.48 bits per heavy atom. The molecule has 1 fully saturated rings. The summed E-state index contributed by atoms with van der Waals surface area (Å²) < 4.78 is 51.2. The first-order chi connectivity index (χ1) is 20.5. The Balaban J connectivity index is 1.38. The fraction of sp³-hybridized carbons (Fsp3) is 0.367. The largest absolute Gasteiger partial charge is 0.489 e. The minimum absolute atomic E-state index is 0.0241. The molecule has 2 aliphatic rings. The number of alkyl halides is 3. The van der Waals surface area contributed by atoms with Crippen molar-refractivity contribution < 1.29 is 46.6 Å². The first-order valence-electron chi connectivity index (χ1n) is 13.6. The van der Waals surface area contributed by atoms with E-state index in [4.69, 9.17) is 9.47 Å². The Hall–Kier alpha value is -4.88. The number of hydrogen-bond acceptors (Lipinski definition) is 7. The van der Waals surface area contributed by atoms with Gasteiger partial charge in [0.1, 0.15) is 24.0 Å². The van der Waals surface area contributed by atoms with E-state index in [9.17, 15) is 37.1 Å². The molecule has 1 atom stereocenters. The number of carbonyl (C=O) groups excluding carboxylic acids is 5. The van der Waals surface area contributed by atoms with Crippen molar-refractivity contribution >= 4 is 35.4 Å². The number of rotatable bonds is 8. The molecule has 44 heavy (non-hydrogen) atoms. The van der Waals surface area contributed by atoms with Crippen LogP contribution in [0.2, 0.25) is 0 Å². The lowest BCUT2D eigenvalue weighted by Crippen LogP contribution is -2.52. The lowest BCUT2D eigenvalue weighted by atomic mass is 10.0. The summed E-state index contributed by atoms with van der Waals surface area (Å²) in [6.45, 7) is 8.19. The third-order valence-electron chi connectivity index (χ3n) is 6.63. The van der Waals surface area contributed by atoms with Crippen LogP contribution in [0.4, 0.5) is 23.7 Å². The SMILES string of the molecule is C=C(COc1cc(NC(=O)NCc2ccc3c(c2)CN(C2CCC(=O)NC2=O)C3=O)cc(C(F)(F)F)c1)C(=O)OC(C)(C)C. The van der Waals surface area contributed by atoms with Gasteiger partial charge in [0.15, 0.2) is 0 Å². The Morgan fingerprint density at radius 2 is 1.82 bits per heavy atom. The van der Waals surface area contributed by atoms with Crippen LogP contribution in [0.1, 0.15) is 60.7 Å². The number of halogens is 3. The number of carbonyl (C=O) groups is 5. The van der Waals surface area contributed by atoms with E-state index < -0.39 is 47.9 Å². The summed E-state index contributed by atoms with van der Waals surface area (Å²) in [6.07, 6.45) is -4.40. The smallest absolute Gasteiger partial charge is 0.416 e. The molecule has 0 saturated carbocycles. The van der Waals surface area contributed by atoms with Gasteiger partial charge in [0.05, 0.1) is 11.1 Å². The minimum Gasteiger partial charge on any atom is -0.489 e. The molecule has 2 aliphatic heterocycles. The number of ether oxygens (including phenoxy) is 2. The fourth-order valence-electron chi connectivity index (χ4n) is 4.59. The van der Waals surface area contributed by atoms with Gasteiger partial charge in [-0.25, -0.2) is 9.59 Å². The molecular formula is C30H31F3N4O7. The lowest BCUT2D eigenvalue weighted by molar-refractivity contribution is -0.150. The van der Waals surface area contributed by atoms with Gasteiger partial charge in [0.2, 0.25) is 11.8 Å². The second kappa shape index (κ2) is 12.4. The number of urea groups is 1. The Kier molecular flexibility index (Phi) is 9.02. The number of piperidine rings is 1. The molecule has 4 rings (SSSR count). The number of anilines is 1. The van der Waals surface area contributed by atoms with Gasteiger partial charge in [-0.05, 0) is 56.5 Å². The van der Waals surface area contributed by atoms with Crippen LogP contribution >= 0.6 is 0 Å². The van der Waals surface area contributed by atoms with Gasteiger partial charge >= 0.3 is 18.2 Å². The molecule has 234 valence electrons. The number of nitrogens with zero attached hydrogens (tertiary/aromatic N) is 1. The fourth-order valence-corrected chi connectivity index (χ4v) is 4.59. The highest BCUT2D eigenvalue weighted by atomic mass is 19.4. The van der Waals surface area contributed by atoms with Gasteiger partial charge in [-0.2, -0.15) is 13.2 Å². The average Bonchev–Trinajstić information content (AvgIpc) is 3.24. The maximum absolute atomic E-state index is 13.5. The van der Waals surface area contributed by atoms with Gasteiger partial charge in [-0.1, -0.05) is 18.7 Å². The lowest BCUT2D eigenvalue weighted by Gasteiger charge is -2.29. The van der Waals surface area contributed by atoms with E-state index in [1.165, 1.54) is 11.0 Å². The van der Waals surface area contributed by atoms with Crippen molar-refractivity contribution in [3.05, 3.63) is 70.8 Å². The standard InChI is InChI=1S/C30H31F3N4O7/c1-16(27(41)44-29(2,3)4)15-43-21-11-19(30(31,32)33)10-20(12-21)35-28(42)34-13-17-5-6-22-18(9-17)14-37(26(22)40)23-7-8-24(38)36-25(23)39/h5-6,9-12,23H,1,7-8,13-15H2,2-4H3,(H2,34,35,42)(H,36,38,39). The summed E-state index contributed by atoms with van der Waals surface area (Å²) in [5.41, 5.74) is -0.576. The Labute approximate surface area is 250 Å². The third kappa shape index (κ3) is 7.94. The number of nitrogens with one attached hydrogen (secondary N) is 3. The van der Waals surface area contributed by atoms with Crippen LogP contribution in [0.15, 0.2) is 48.6 Å². The number of fused-ring (bicyclic) bond motifs is 1. The van der Waals surface area contributed by atoms with E-state index in [0.717, 1.165) is 12.1 Å². The van der Waals surface area contributed by atoms with Crippen molar-refractivity contribution in [2.45, 2.75) is 64.5 Å². The highest BCUT2D eigenvalue weighted by Gasteiger charge is 2.39. The summed E-state index contributed by atoms with van der Waals surface area (Å²) >= 11 is 0. The maximum Gasteiger partial charge on any atom is 0.416 e. The molecule has 0 radical (unpaired) electrons. The zero-order valence-corrected chi connectivity index (χ0v) is 24.2. The highest BCUT2D eigenvalue weighted by Crippen LogP contribution is 2.34. The summed E-state index contributed by atoms with van der Waals surface area (Å²) in [5, 5.41) is 7.14. The molecule has 1 unspecified atom stereocenters. The van der Waals surface area contributed by atoms with Crippen LogP contribution in [0.5, 0.6) is 5.75 Å². The normalized spacial score (nSPS) is 16.6. The van der Waals surface area contributed by atoms with Crippen molar-refractivity contribution in [1.29, 1.82) is 0 Å². The van der Waals surface area contributed by atoms with Crippen LogP contribution < -0.4 is 20.7 Å². The summed E-state index contributed by atoms with van der Waals surface area (Å²) in [4.78, 5) is 62.7. The van der Waals surface area contributed by atoms with E-state index in [0.29, 0.717) is 16.7 Å². The highest BCUT2D eigenvalue weighted by molar-refractivity contribution is 6.05. The Bertz CT molecular complexity index is 1530. The molecular weight excluding hydrogens is 585 g/mol. The van der Waals surface area contributed by atoms with Crippen LogP contribution in [0.3, 0.4) is 0 Å². The van der Waals surface area contributed by atoms with Crippen molar-refractivity contribution in [2.24, 2.45) is 0 Å². The minimum atomic E-state index is -4.75. The van der Waals surface area contributed by atoms with Gasteiger partial charge in [0, 0.05) is 36.8 Å². The first kappa shape index (κ1) is 32.0. The molecule has 0 aliphatic carbocycles. The molecule has 5 amide bonds. The molecule has 0 bridgehead atoms. The third-order valence-corrected chi connectivity index (χ3v) is 6.63. The van der Waals surface area contributed by atoms with E-state index in [2.05, 4.69) is 22.5 Å². The number of hydrogen-bond donors (Lipinski definition) is 3. The predicted molar refractivity (Wildman–Crippen MR) is 150 cm³/mol. The van der Waals surface area contributed by atoms with Crippen molar-refractivity contribution in [3.8, 4) is 5.75 Å². The van der Waals surface area contributed by atoms with Crippen LogP contribution in [-0.2, 0) is 38.4 Å². The van der Waals surface area contributed by atoms with Crippen LogP contribution in [-0.4, -0.2) is 52.9 Å². The van der Waals surface area contributed by atoms with E-state index in [1.54, 1.807) is 39.0 Å². The first-order valence-corrected chi connectivity index (χ1v) is 13.6. The molecule has 1 saturated heterocycles. The van der Waals surface area contributed by atoms with Crippen molar-refractivity contribution in [1.82, 2.24) is 15.5 Å². The number of benzene rings is 2. The molecule has 14 heteroatoms. The monoisotopic (exact) mass is 616 g/mol. The predicted octanol–water partition coefficient (Wildman–Crippen LogP) is 4.06. The maximum atomic E-state index is 13.5.